The Morgan fingerprint density at radius 2 is 1.22 bits per heavy atom. The van der Waals surface area contributed by atoms with Crippen molar-refractivity contribution in [1.29, 1.82) is 0 Å². The molecule has 0 spiro atoms. The molecule has 1 aromatic carbocycles. The third-order valence-electron chi connectivity index (χ3n) is 5.50. The average molecular weight is 380 g/mol. The van der Waals surface area contributed by atoms with Gasteiger partial charge < -0.3 is 33.9 Å². The van der Waals surface area contributed by atoms with Gasteiger partial charge in [0.2, 0.25) is 0 Å². The molecule has 7 nitrogen and oxygen atoms in total. The number of hydrogen-bond donors (Lipinski definition) is 2. The highest BCUT2D eigenvalue weighted by atomic mass is 16.7. The standard InChI is InChI=1S/C14H22O5.C6H6O2/c1-13(7-17-13)11(3-9-5-15-9)19-12(4-10-6-16-10)14(2)8-18-14;7-5-1-2-6(8)4-3-5/h9-12H,3-8H2,1-2H3;1-4,7-8H. The second-order valence-electron chi connectivity index (χ2n) is 8.21. The monoisotopic (exact) mass is 380 g/mol. The molecule has 150 valence electrons. The summed E-state index contributed by atoms with van der Waals surface area (Å²) in [7, 11) is 0. The lowest BCUT2D eigenvalue weighted by Gasteiger charge is -2.29. The summed E-state index contributed by atoms with van der Waals surface area (Å²) in [6.45, 7) is 7.55. The van der Waals surface area contributed by atoms with Gasteiger partial charge in [-0.2, -0.15) is 0 Å². The van der Waals surface area contributed by atoms with Crippen LogP contribution in [0, 0.1) is 0 Å². The number of ether oxygens (including phenoxy) is 5. The van der Waals surface area contributed by atoms with Gasteiger partial charge in [0, 0.05) is 12.8 Å². The number of phenols is 2. The highest BCUT2D eigenvalue weighted by Crippen LogP contribution is 2.42. The fraction of sp³-hybridized carbons (Fsp3) is 0.700. The molecule has 0 amide bonds. The van der Waals surface area contributed by atoms with Crippen LogP contribution in [0.1, 0.15) is 26.7 Å². The molecule has 27 heavy (non-hydrogen) atoms. The number of epoxide rings is 4. The van der Waals surface area contributed by atoms with Crippen molar-refractivity contribution in [2.75, 3.05) is 26.4 Å². The van der Waals surface area contributed by atoms with E-state index in [9.17, 15) is 0 Å². The Morgan fingerprint density at radius 1 is 0.889 bits per heavy atom. The fourth-order valence-electron chi connectivity index (χ4n) is 3.03. The van der Waals surface area contributed by atoms with Crippen LogP contribution in [0.15, 0.2) is 24.3 Å². The molecule has 5 rings (SSSR count). The number of aromatic hydroxyl groups is 2. The van der Waals surface area contributed by atoms with Gasteiger partial charge in [-0.15, -0.1) is 0 Å². The Balaban J connectivity index is 0.000000190. The second kappa shape index (κ2) is 7.22. The van der Waals surface area contributed by atoms with E-state index in [0.29, 0.717) is 12.2 Å². The molecule has 0 radical (unpaired) electrons. The number of phenolic OH excluding ortho intramolecular Hbond substituents is 2. The maximum absolute atomic E-state index is 8.65. The Labute approximate surface area is 159 Å². The summed E-state index contributed by atoms with van der Waals surface area (Å²) in [5, 5.41) is 17.3. The molecule has 0 aromatic heterocycles. The lowest BCUT2D eigenvalue weighted by atomic mass is 9.97. The van der Waals surface area contributed by atoms with Crippen molar-refractivity contribution in [3.05, 3.63) is 24.3 Å². The first-order valence-electron chi connectivity index (χ1n) is 9.51. The molecule has 6 atom stereocenters. The Morgan fingerprint density at radius 3 is 1.48 bits per heavy atom. The summed E-state index contributed by atoms with van der Waals surface area (Å²) < 4.78 is 28.3. The SMILES string of the molecule is CC1(C(CC2CO2)OC(CC2CO2)C2(C)CO2)CO1.Oc1ccc(O)cc1. The summed E-state index contributed by atoms with van der Waals surface area (Å²) in [6, 6.07) is 5.70. The van der Waals surface area contributed by atoms with Crippen molar-refractivity contribution in [3.8, 4) is 11.5 Å². The lowest BCUT2D eigenvalue weighted by Crippen LogP contribution is -2.41. The maximum atomic E-state index is 8.65. The van der Waals surface area contributed by atoms with Gasteiger partial charge in [0.1, 0.15) is 22.7 Å². The van der Waals surface area contributed by atoms with Gasteiger partial charge in [0.25, 0.3) is 0 Å². The summed E-state index contributed by atoms with van der Waals surface area (Å²) in [4.78, 5) is 0. The highest BCUT2D eigenvalue weighted by Gasteiger charge is 2.55. The minimum Gasteiger partial charge on any atom is -0.508 e. The lowest BCUT2D eigenvalue weighted by molar-refractivity contribution is -0.0881. The molecular weight excluding hydrogens is 352 g/mol. The zero-order chi connectivity index (χ0) is 19.1. The number of hydrogen-bond acceptors (Lipinski definition) is 7. The molecule has 4 aliphatic heterocycles. The van der Waals surface area contributed by atoms with Crippen molar-refractivity contribution < 1.29 is 33.9 Å². The van der Waals surface area contributed by atoms with Gasteiger partial charge in [-0.25, -0.2) is 0 Å². The third kappa shape index (κ3) is 5.33. The van der Waals surface area contributed by atoms with E-state index in [2.05, 4.69) is 13.8 Å². The quantitative estimate of drug-likeness (QED) is 0.525. The second-order valence-corrected chi connectivity index (χ2v) is 8.21. The molecule has 0 aliphatic carbocycles. The highest BCUT2D eigenvalue weighted by molar-refractivity contribution is 5.28. The normalized spacial score (nSPS) is 37.6. The van der Waals surface area contributed by atoms with Gasteiger partial charge in [-0.05, 0) is 38.1 Å². The van der Waals surface area contributed by atoms with E-state index in [4.69, 9.17) is 33.9 Å². The fourth-order valence-corrected chi connectivity index (χ4v) is 3.03. The van der Waals surface area contributed by atoms with Crippen LogP contribution in [-0.4, -0.2) is 72.3 Å². The van der Waals surface area contributed by atoms with Crippen LogP contribution in [0.3, 0.4) is 0 Å². The van der Waals surface area contributed by atoms with Gasteiger partial charge in [0.05, 0.1) is 50.8 Å². The zero-order valence-corrected chi connectivity index (χ0v) is 15.8. The van der Waals surface area contributed by atoms with E-state index >= 15 is 0 Å². The van der Waals surface area contributed by atoms with Crippen LogP contribution in [0.5, 0.6) is 11.5 Å². The van der Waals surface area contributed by atoms with E-state index in [-0.39, 0.29) is 34.9 Å². The van der Waals surface area contributed by atoms with E-state index in [0.717, 1.165) is 39.3 Å². The van der Waals surface area contributed by atoms with Gasteiger partial charge in [-0.1, -0.05) is 0 Å². The molecule has 1 aromatic rings. The molecule has 2 N–H and O–H groups in total. The largest absolute Gasteiger partial charge is 0.508 e. The molecular formula is C20H28O7. The molecule has 4 fully saturated rings. The molecule has 0 saturated carbocycles. The van der Waals surface area contributed by atoms with Crippen LogP contribution in [0.2, 0.25) is 0 Å². The topological polar surface area (TPSA) is 99.8 Å². The smallest absolute Gasteiger partial charge is 0.115 e. The van der Waals surface area contributed by atoms with Crippen LogP contribution in [0.4, 0.5) is 0 Å². The van der Waals surface area contributed by atoms with Crippen molar-refractivity contribution in [3.63, 3.8) is 0 Å². The third-order valence-corrected chi connectivity index (χ3v) is 5.50. The first kappa shape index (κ1) is 19.0. The minimum absolute atomic E-state index is 0.102. The summed E-state index contributed by atoms with van der Waals surface area (Å²) in [5.74, 6) is 0.339. The van der Waals surface area contributed by atoms with E-state index in [1.165, 1.54) is 24.3 Å². The Hall–Kier alpha value is -1.38. The zero-order valence-electron chi connectivity index (χ0n) is 15.8. The molecule has 7 heteroatoms. The average Bonchev–Trinajstić information content (AvgIpc) is 3.46. The van der Waals surface area contributed by atoms with Gasteiger partial charge in [0.15, 0.2) is 0 Å². The Bertz CT molecular complexity index is 575. The molecule has 6 unspecified atom stereocenters. The predicted octanol–water partition coefficient (Wildman–Crippen LogP) is 1.99. The summed E-state index contributed by atoms with van der Waals surface area (Å²) >= 11 is 0. The number of rotatable bonds is 8. The van der Waals surface area contributed by atoms with Crippen molar-refractivity contribution >= 4 is 0 Å². The Kier molecular flexibility index (Phi) is 5.07. The van der Waals surface area contributed by atoms with E-state index in [1.807, 2.05) is 0 Å². The minimum atomic E-state index is -0.125. The van der Waals surface area contributed by atoms with Crippen LogP contribution < -0.4 is 0 Å². The van der Waals surface area contributed by atoms with Crippen LogP contribution in [0.25, 0.3) is 0 Å². The predicted molar refractivity (Wildman–Crippen MR) is 95.9 cm³/mol. The van der Waals surface area contributed by atoms with Crippen LogP contribution in [-0.2, 0) is 23.7 Å². The van der Waals surface area contributed by atoms with E-state index in [1.54, 1.807) is 0 Å². The van der Waals surface area contributed by atoms with Crippen LogP contribution >= 0.6 is 0 Å². The number of benzene rings is 1. The summed E-state index contributed by atoms with van der Waals surface area (Å²) in [6.07, 6.45) is 2.77. The first-order chi connectivity index (χ1) is 12.9. The summed E-state index contributed by atoms with van der Waals surface area (Å²) in [5.41, 5.74) is -0.250. The van der Waals surface area contributed by atoms with Gasteiger partial charge >= 0.3 is 0 Å². The van der Waals surface area contributed by atoms with Crippen molar-refractivity contribution in [2.24, 2.45) is 0 Å². The molecule has 0 bridgehead atoms. The van der Waals surface area contributed by atoms with Crippen molar-refractivity contribution in [1.82, 2.24) is 0 Å². The van der Waals surface area contributed by atoms with Gasteiger partial charge in [-0.3, -0.25) is 0 Å². The molecule has 4 saturated heterocycles. The van der Waals surface area contributed by atoms with E-state index < -0.39 is 0 Å². The molecule has 4 heterocycles. The maximum Gasteiger partial charge on any atom is 0.115 e. The molecule has 4 aliphatic rings. The first-order valence-corrected chi connectivity index (χ1v) is 9.51. The van der Waals surface area contributed by atoms with Crippen molar-refractivity contribution in [2.45, 2.75) is 62.3 Å².